The second-order valence-corrected chi connectivity index (χ2v) is 5.38. The van der Waals surface area contributed by atoms with Gasteiger partial charge in [-0.25, -0.2) is 0 Å². The summed E-state index contributed by atoms with van der Waals surface area (Å²) < 4.78 is 5.85. The van der Waals surface area contributed by atoms with Crippen molar-refractivity contribution >= 4 is 34.6 Å². The van der Waals surface area contributed by atoms with E-state index in [0.717, 1.165) is 26.8 Å². The van der Waals surface area contributed by atoms with Crippen molar-refractivity contribution < 1.29 is 4.42 Å². The summed E-state index contributed by atoms with van der Waals surface area (Å²) in [5.74, 6) is 0. The van der Waals surface area contributed by atoms with Crippen LogP contribution >= 0.6 is 12.6 Å². The van der Waals surface area contributed by atoms with E-state index in [1.54, 1.807) is 0 Å². The maximum absolute atomic E-state index is 5.85. The smallest absolute Gasteiger partial charge is 0.135 e. The first-order valence-corrected chi connectivity index (χ1v) is 6.97. The maximum Gasteiger partial charge on any atom is 0.135 e. The summed E-state index contributed by atoms with van der Waals surface area (Å²) in [7, 11) is 0. The standard InChI is InChI=1S/C18H12OS/c20-14-5-3-4-12(10-14)13-8-9-18-16(11-13)15-6-1-2-7-17(15)19-18/h1-11,20H. The number of thiol groups is 1. The van der Waals surface area contributed by atoms with E-state index in [1.165, 1.54) is 11.1 Å². The molecule has 0 spiro atoms. The molecule has 0 N–H and O–H groups in total. The number of fused-ring (bicyclic) bond motifs is 3. The Kier molecular flexibility index (Phi) is 2.57. The summed E-state index contributed by atoms with van der Waals surface area (Å²) >= 11 is 4.41. The zero-order valence-electron chi connectivity index (χ0n) is 10.7. The minimum atomic E-state index is 0.928. The van der Waals surface area contributed by atoms with Gasteiger partial charge in [0.2, 0.25) is 0 Å². The van der Waals surface area contributed by atoms with E-state index in [4.69, 9.17) is 4.42 Å². The molecule has 1 aromatic heterocycles. The fraction of sp³-hybridized carbons (Fsp3) is 0. The molecule has 1 nitrogen and oxygen atoms in total. The van der Waals surface area contributed by atoms with Gasteiger partial charge in [0.05, 0.1) is 0 Å². The molecular weight excluding hydrogens is 264 g/mol. The molecule has 1 heterocycles. The predicted molar refractivity (Wildman–Crippen MR) is 86.4 cm³/mol. The predicted octanol–water partition coefficient (Wildman–Crippen LogP) is 5.54. The highest BCUT2D eigenvalue weighted by molar-refractivity contribution is 7.80. The molecule has 0 unspecified atom stereocenters. The molecule has 3 aromatic carbocycles. The van der Waals surface area contributed by atoms with Crippen molar-refractivity contribution in [3.05, 3.63) is 66.7 Å². The van der Waals surface area contributed by atoms with Crippen molar-refractivity contribution in [3.63, 3.8) is 0 Å². The molecule has 0 amide bonds. The van der Waals surface area contributed by atoms with Gasteiger partial charge < -0.3 is 4.42 Å². The Balaban J connectivity index is 2.00. The first-order chi connectivity index (χ1) is 9.81. The van der Waals surface area contributed by atoms with E-state index in [0.29, 0.717) is 0 Å². The van der Waals surface area contributed by atoms with E-state index < -0.39 is 0 Å². The monoisotopic (exact) mass is 276 g/mol. The Labute approximate surface area is 122 Å². The van der Waals surface area contributed by atoms with Crippen LogP contribution in [0.15, 0.2) is 76.0 Å². The number of para-hydroxylation sites is 1. The van der Waals surface area contributed by atoms with Gasteiger partial charge in [-0.05, 0) is 41.5 Å². The number of furan rings is 1. The SMILES string of the molecule is Sc1cccc(-c2ccc3oc4ccccc4c3c2)c1. The summed E-state index contributed by atoms with van der Waals surface area (Å²) in [4.78, 5) is 0.972. The van der Waals surface area contributed by atoms with E-state index in [9.17, 15) is 0 Å². The van der Waals surface area contributed by atoms with E-state index in [1.807, 2.05) is 36.4 Å². The molecule has 0 aliphatic heterocycles. The number of rotatable bonds is 1. The van der Waals surface area contributed by atoms with Crippen LogP contribution in [0.2, 0.25) is 0 Å². The molecule has 0 saturated heterocycles. The minimum absolute atomic E-state index is 0.928. The molecule has 0 aliphatic rings. The fourth-order valence-electron chi connectivity index (χ4n) is 2.59. The minimum Gasteiger partial charge on any atom is -0.456 e. The molecule has 0 radical (unpaired) electrons. The van der Waals surface area contributed by atoms with Gasteiger partial charge in [0, 0.05) is 15.7 Å². The normalized spacial score (nSPS) is 11.2. The highest BCUT2D eigenvalue weighted by Gasteiger charge is 2.07. The molecule has 4 rings (SSSR count). The summed E-state index contributed by atoms with van der Waals surface area (Å²) in [6, 6.07) is 22.6. The van der Waals surface area contributed by atoms with Crippen molar-refractivity contribution in [2.75, 3.05) is 0 Å². The average molecular weight is 276 g/mol. The molecular formula is C18H12OS. The highest BCUT2D eigenvalue weighted by atomic mass is 32.1. The number of hydrogen-bond donors (Lipinski definition) is 1. The van der Waals surface area contributed by atoms with Crippen LogP contribution in [0.4, 0.5) is 0 Å². The second-order valence-electron chi connectivity index (χ2n) is 4.86. The average Bonchev–Trinajstić information content (AvgIpc) is 2.85. The quantitative estimate of drug-likeness (QED) is 0.450. The highest BCUT2D eigenvalue weighted by Crippen LogP contribution is 2.32. The molecule has 0 bridgehead atoms. The second kappa shape index (κ2) is 4.43. The zero-order valence-corrected chi connectivity index (χ0v) is 11.6. The van der Waals surface area contributed by atoms with E-state index in [2.05, 4.69) is 43.0 Å². The van der Waals surface area contributed by atoms with Gasteiger partial charge in [0.1, 0.15) is 11.2 Å². The van der Waals surface area contributed by atoms with Gasteiger partial charge in [-0.15, -0.1) is 12.6 Å². The number of benzene rings is 3. The van der Waals surface area contributed by atoms with Crippen LogP contribution < -0.4 is 0 Å². The lowest BCUT2D eigenvalue weighted by Crippen LogP contribution is -1.77. The molecule has 0 atom stereocenters. The van der Waals surface area contributed by atoms with Crippen molar-refractivity contribution in [1.29, 1.82) is 0 Å². The summed E-state index contributed by atoms with van der Waals surface area (Å²) in [6.45, 7) is 0. The first-order valence-electron chi connectivity index (χ1n) is 6.52. The molecule has 2 heteroatoms. The Bertz CT molecular complexity index is 921. The van der Waals surface area contributed by atoms with Crippen LogP contribution in [0.3, 0.4) is 0 Å². The van der Waals surface area contributed by atoms with E-state index in [-0.39, 0.29) is 0 Å². The summed E-state index contributed by atoms with van der Waals surface area (Å²) in [5.41, 5.74) is 4.21. The van der Waals surface area contributed by atoms with Gasteiger partial charge in [-0.2, -0.15) is 0 Å². The van der Waals surface area contributed by atoms with Crippen molar-refractivity contribution in [3.8, 4) is 11.1 Å². The Hall–Kier alpha value is -2.19. The van der Waals surface area contributed by atoms with E-state index >= 15 is 0 Å². The lowest BCUT2D eigenvalue weighted by molar-refractivity contribution is 0.669. The lowest BCUT2D eigenvalue weighted by atomic mass is 10.0. The molecule has 96 valence electrons. The van der Waals surface area contributed by atoms with Gasteiger partial charge in [0.25, 0.3) is 0 Å². The third-order valence-electron chi connectivity index (χ3n) is 3.56. The zero-order chi connectivity index (χ0) is 13.5. The van der Waals surface area contributed by atoms with Crippen LogP contribution in [-0.4, -0.2) is 0 Å². The van der Waals surface area contributed by atoms with Crippen LogP contribution in [0.1, 0.15) is 0 Å². The van der Waals surface area contributed by atoms with Crippen molar-refractivity contribution in [2.45, 2.75) is 4.90 Å². The Morgan fingerprint density at radius 3 is 2.35 bits per heavy atom. The van der Waals surface area contributed by atoms with Crippen molar-refractivity contribution in [1.82, 2.24) is 0 Å². The van der Waals surface area contributed by atoms with Crippen LogP contribution in [0, 0.1) is 0 Å². The Morgan fingerprint density at radius 2 is 1.45 bits per heavy atom. The number of hydrogen-bond acceptors (Lipinski definition) is 2. The van der Waals surface area contributed by atoms with Gasteiger partial charge in [0.15, 0.2) is 0 Å². The van der Waals surface area contributed by atoms with Crippen LogP contribution in [0.5, 0.6) is 0 Å². The third-order valence-corrected chi connectivity index (χ3v) is 3.83. The molecule has 0 aliphatic carbocycles. The third kappa shape index (κ3) is 1.81. The summed E-state index contributed by atoms with van der Waals surface area (Å²) in [5, 5.41) is 2.31. The molecule has 0 fully saturated rings. The molecule has 4 aromatic rings. The van der Waals surface area contributed by atoms with Gasteiger partial charge in [-0.1, -0.05) is 36.4 Å². The lowest BCUT2D eigenvalue weighted by Gasteiger charge is -2.02. The summed E-state index contributed by atoms with van der Waals surface area (Å²) in [6.07, 6.45) is 0. The van der Waals surface area contributed by atoms with Crippen molar-refractivity contribution in [2.24, 2.45) is 0 Å². The molecule has 0 saturated carbocycles. The largest absolute Gasteiger partial charge is 0.456 e. The maximum atomic E-state index is 5.85. The van der Waals surface area contributed by atoms with Crippen LogP contribution in [0.25, 0.3) is 33.1 Å². The molecule has 20 heavy (non-hydrogen) atoms. The fourth-order valence-corrected chi connectivity index (χ4v) is 2.82. The van der Waals surface area contributed by atoms with Crippen LogP contribution in [-0.2, 0) is 0 Å². The first kappa shape index (κ1) is 11.6. The van der Waals surface area contributed by atoms with Gasteiger partial charge in [-0.3, -0.25) is 0 Å². The topological polar surface area (TPSA) is 13.1 Å². The Morgan fingerprint density at radius 1 is 0.650 bits per heavy atom. The van der Waals surface area contributed by atoms with Gasteiger partial charge >= 0.3 is 0 Å².